The third-order valence-corrected chi connectivity index (χ3v) is 4.10. The number of nitrogens with one attached hydrogen (secondary N) is 2. The summed E-state index contributed by atoms with van der Waals surface area (Å²) in [4.78, 5) is 16.4. The number of aromatic nitrogens is 3. The molecule has 2 N–H and O–H groups in total. The average molecular weight is 358 g/mol. The fraction of sp³-hybridized carbons (Fsp3) is 0.400. The van der Waals surface area contributed by atoms with Crippen LogP contribution < -0.4 is 5.32 Å². The first-order valence-electron chi connectivity index (χ1n) is 7.24. The minimum absolute atomic E-state index is 0.0973. The molecule has 1 heterocycles. The lowest BCUT2D eigenvalue weighted by Crippen LogP contribution is -2.22. The molecule has 5 nitrogen and oxygen atoms in total. The van der Waals surface area contributed by atoms with E-state index in [9.17, 15) is 18.0 Å². The minimum atomic E-state index is -4.45. The van der Waals surface area contributed by atoms with Gasteiger partial charge in [0.15, 0.2) is 0 Å². The zero-order valence-electron chi connectivity index (χ0n) is 13.3. The maximum absolute atomic E-state index is 12.7. The summed E-state index contributed by atoms with van der Waals surface area (Å²) in [5.41, 5.74) is -0.712. The fourth-order valence-electron chi connectivity index (χ4n) is 1.80. The molecule has 24 heavy (non-hydrogen) atoms. The van der Waals surface area contributed by atoms with Crippen LogP contribution in [0.4, 0.5) is 18.9 Å². The van der Waals surface area contributed by atoms with Gasteiger partial charge in [0.25, 0.3) is 0 Å². The Balaban J connectivity index is 2.01. The van der Waals surface area contributed by atoms with E-state index in [0.29, 0.717) is 11.0 Å². The first-order valence-corrected chi connectivity index (χ1v) is 8.12. The van der Waals surface area contributed by atoms with Gasteiger partial charge in [-0.2, -0.15) is 13.2 Å². The summed E-state index contributed by atoms with van der Waals surface area (Å²) in [6, 6.07) is 4.52. The summed E-state index contributed by atoms with van der Waals surface area (Å²) in [6.45, 7) is 5.55. The summed E-state index contributed by atoms with van der Waals surface area (Å²) in [5, 5.41) is 9.14. The van der Waals surface area contributed by atoms with Gasteiger partial charge >= 0.3 is 6.18 Å². The second kappa shape index (κ2) is 7.25. The van der Waals surface area contributed by atoms with Crippen molar-refractivity contribution in [3.8, 4) is 0 Å². The molecule has 1 aromatic heterocycles. The molecule has 0 fully saturated rings. The third kappa shape index (κ3) is 4.73. The second-order valence-electron chi connectivity index (χ2n) is 5.49. The molecule has 0 aliphatic carbocycles. The summed E-state index contributed by atoms with van der Waals surface area (Å²) >= 11 is 1.13. The van der Waals surface area contributed by atoms with Gasteiger partial charge in [0.1, 0.15) is 5.82 Å². The van der Waals surface area contributed by atoms with Crippen molar-refractivity contribution in [1.29, 1.82) is 0 Å². The second-order valence-corrected chi connectivity index (χ2v) is 6.79. The first-order chi connectivity index (χ1) is 11.2. The van der Waals surface area contributed by atoms with Crippen molar-refractivity contribution in [3.05, 3.63) is 35.7 Å². The van der Waals surface area contributed by atoms with Gasteiger partial charge in [-0.3, -0.25) is 9.89 Å². The number of carbonyl (C=O) groups excluding carboxylic acids is 1. The van der Waals surface area contributed by atoms with Crippen molar-refractivity contribution in [1.82, 2.24) is 15.2 Å². The van der Waals surface area contributed by atoms with E-state index in [1.54, 1.807) is 6.92 Å². The molecule has 0 saturated heterocycles. The van der Waals surface area contributed by atoms with E-state index < -0.39 is 22.9 Å². The van der Waals surface area contributed by atoms with Crippen molar-refractivity contribution in [3.63, 3.8) is 0 Å². The zero-order valence-corrected chi connectivity index (χ0v) is 14.1. The number of aromatic amines is 1. The van der Waals surface area contributed by atoms with Crippen LogP contribution in [-0.4, -0.2) is 26.3 Å². The minimum Gasteiger partial charge on any atom is -0.325 e. The van der Waals surface area contributed by atoms with Crippen LogP contribution in [0.1, 0.15) is 38.1 Å². The van der Waals surface area contributed by atoms with E-state index in [4.69, 9.17) is 0 Å². The lowest BCUT2D eigenvalue weighted by atomic mass is 10.2. The predicted octanol–water partition coefficient (Wildman–Crippen LogP) is 4.07. The number of benzene rings is 1. The molecule has 0 aliphatic heterocycles. The zero-order chi connectivity index (χ0) is 17.9. The van der Waals surface area contributed by atoms with Crippen molar-refractivity contribution >= 4 is 23.4 Å². The van der Waals surface area contributed by atoms with Gasteiger partial charge in [0.05, 0.1) is 10.8 Å². The predicted molar refractivity (Wildman–Crippen MR) is 85.9 cm³/mol. The summed E-state index contributed by atoms with van der Waals surface area (Å²) in [6.07, 6.45) is -4.45. The first kappa shape index (κ1) is 18.3. The number of halogens is 3. The van der Waals surface area contributed by atoms with Gasteiger partial charge < -0.3 is 5.32 Å². The summed E-state index contributed by atoms with van der Waals surface area (Å²) in [5.74, 6) is 0.472. The molecule has 0 spiro atoms. The molecular formula is C15H17F3N4OS. The molecule has 9 heteroatoms. The number of thioether (sulfide) groups is 1. The molecule has 1 aromatic carbocycles. The van der Waals surface area contributed by atoms with Gasteiger partial charge in [0.2, 0.25) is 11.1 Å². The SMILES string of the molecule is CC(Sc1n[nH]c(C(C)C)n1)C(=O)Nc1cccc(C(F)(F)F)c1. The highest BCUT2D eigenvalue weighted by Crippen LogP contribution is 2.31. The Bertz CT molecular complexity index is 715. The van der Waals surface area contributed by atoms with Crippen LogP contribution in [0.3, 0.4) is 0 Å². The Morgan fingerprint density at radius 2 is 2.00 bits per heavy atom. The van der Waals surface area contributed by atoms with E-state index in [1.165, 1.54) is 12.1 Å². The van der Waals surface area contributed by atoms with E-state index in [2.05, 4.69) is 20.5 Å². The van der Waals surface area contributed by atoms with E-state index in [0.717, 1.165) is 23.9 Å². The van der Waals surface area contributed by atoms with Crippen molar-refractivity contribution in [2.75, 3.05) is 5.32 Å². The van der Waals surface area contributed by atoms with Crippen LogP contribution in [0, 0.1) is 0 Å². The van der Waals surface area contributed by atoms with Gasteiger partial charge in [-0.05, 0) is 25.1 Å². The number of hydrogen-bond donors (Lipinski definition) is 2. The topological polar surface area (TPSA) is 70.7 Å². The van der Waals surface area contributed by atoms with Gasteiger partial charge in [-0.1, -0.05) is 31.7 Å². The van der Waals surface area contributed by atoms with Gasteiger partial charge in [-0.25, -0.2) is 4.98 Å². The van der Waals surface area contributed by atoms with E-state index in [-0.39, 0.29) is 11.6 Å². The number of carbonyl (C=O) groups is 1. The number of amides is 1. The van der Waals surface area contributed by atoms with Crippen molar-refractivity contribution < 1.29 is 18.0 Å². The highest BCUT2D eigenvalue weighted by Gasteiger charge is 2.30. The van der Waals surface area contributed by atoms with Crippen molar-refractivity contribution in [2.45, 2.75) is 43.3 Å². The van der Waals surface area contributed by atoms with E-state index >= 15 is 0 Å². The number of alkyl halides is 3. The van der Waals surface area contributed by atoms with Crippen LogP contribution in [-0.2, 0) is 11.0 Å². The molecule has 0 radical (unpaired) electrons. The molecule has 1 amide bonds. The number of H-pyrrole nitrogens is 1. The summed E-state index contributed by atoms with van der Waals surface area (Å²) < 4.78 is 38.0. The Hall–Kier alpha value is -2.03. The third-order valence-electron chi connectivity index (χ3n) is 3.14. The fourth-order valence-corrected chi connectivity index (χ4v) is 2.53. The molecule has 0 saturated carbocycles. The standard InChI is InChI=1S/C15H17F3N4OS/c1-8(2)12-20-14(22-21-12)24-9(3)13(23)19-11-6-4-5-10(7-11)15(16,17)18/h4-9H,1-3H3,(H,19,23)(H,20,21,22). The van der Waals surface area contributed by atoms with Crippen LogP contribution in [0.25, 0.3) is 0 Å². The molecular weight excluding hydrogens is 341 g/mol. The molecule has 1 atom stereocenters. The number of anilines is 1. The maximum atomic E-state index is 12.7. The molecule has 0 aliphatic rings. The highest BCUT2D eigenvalue weighted by molar-refractivity contribution is 8.00. The van der Waals surface area contributed by atoms with E-state index in [1.807, 2.05) is 13.8 Å². The lowest BCUT2D eigenvalue weighted by Gasteiger charge is -2.12. The maximum Gasteiger partial charge on any atom is 0.416 e. The Labute approximate surface area is 141 Å². The lowest BCUT2D eigenvalue weighted by molar-refractivity contribution is -0.137. The van der Waals surface area contributed by atoms with Gasteiger partial charge in [-0.15, -0.1) is 5.10 Å². The van der Waals surface area contributed by atoms with Crippen LogP contribution in [0.2, 0.25) is 0 Å². The smallest absolute Gasteiger partial charge is 0.325 e. The van der Waals surface area contributed by atoms with Crippen LogP contribution in [0.15, 0.2) is 29.4 Å². The number of hydrogen-bond acceptors (Lipinski definition) is 4. The molecule has 130 valence electrons. The largest absolute Gasteiger partial charge is 0.416 e. The van der Waals surface area contributed by atoms with Crippen LogP contribution >= 0.6 is 11.8 Å². The van der Waals surface area contributed by atoms with Crippen LogP contribution in [0.5, 0.6) is 0 Å². The highest BCUT2D eigenvalue weighted by atomic mass is 32.2. The van der Waals surface area contributed by atoms with Gasteiger partial charge in [0, 0.05) is 11.6 Å². The van der Waals surface area contributed by atoms with Crippen molar-refractivity contribution in [2.24, 2.45) is 0 Å². The molecule has 2 rings (SSSR count). The number of rotatable bonds is 5. The summed E-state index contributed by atoms with van der Waals surface area (Å²) in [7, 11) is 0. The Morgan fingerprint density at radius 1 is 1.29 bits per heavy atom. The molecule has 0 bridgehead atoms. The Morgan fingerprint density at radius 3 is 2.58 bits per heavy atom. The normalized spacial score (nSPS) is 13.1. The average Bonchev–Trinajstić information content (AvgIpc) is 2.95. The molecule has 2 aromatic rings. The number of nitrogens with zero attached hydrogens (tertiary/aromatic N) is 2. The Kier molecular flexibility index (Phi) is 5.53. The molecule has 1 unspecified atom stereocenters. The monoisotopic (exact) mass is 358 g/mol. The quantitative estimate of drug-likeness (QED) is 0.791.